The summed E-state index contributed by atoms with van der Waals surface area (Å²) in [5.41, 5.74) is 1.78. The standard InChI is InChI=1S/C24H27N3O3/c1-2-3-4-11-16-29-23-17-21(18-25-27(23)22-14-9-6-10-15-22)26-24(28)30-19-20-12-7-5-8-13-20/h5-10,12-15,17-18H,2-4,11,16,19H2,1H3. The number of rotatable bonds is 9. The highest BCUT2D eigenvalue weighted by molar-refractivity contribution is 5.68. The summed E-state index contributed by atoms with van der Waals surface area (Å²) in [6, 6.07) is 20.9. The van der Waals surface area contributed by atoms with Crippen LogP contribution in [-0.2, 0) is 11.3 Å². The lowest BCUT2D eigenvalue weighted by Crippen LogP contribution is -2.16. The van der Waals surface area contributed by atoms with Gasteiger partial charge >= 0.3 is 6.09 Å². The van der Waals surface area contributed by atoms with E-state index in [0.29, 0.717) is 17.8 Å². The van der Waals surface area contributed by atoms with Crippen LogP contribution in [0.4, 0.5) is 4.79 Å². The lowest BCUT2D eigenvalue weighted by atomic mass is 10.2. The molecule has 156 valence electrons. The molecule has 0 spiro atoms. The number of aromatic nitrogens is 2. The van der Waals surface area contributed by atoms with Crippen LogP contribution in [0.25, 0.3) is 5.69 Å². The second-order valence-corrected chi connectivity index (χ2v) is 6.86. The molecular formula is C24H27N3O3. The van der Waals surface area contributed by atoms with Crippen LogP contribution in [0.3, 0.4) is 0 Å². The molecule has 0 saturated carbocycles. The Morgan fingerprint density at radius 1 is 1.00 bits per heavy atom. The van der Waals surface area contributed by atoms with Crippen molar-refractivity contribution in [1.29, 1.82) is 0 Å². The van der Waals surface area contributed by atoms with Crippen LogP contribution >= 0.6 is 0 Å². The van der Waals surface area contributed by atoms with Gasteiger partial charge in [-0.2, -0.15) is 10.1 Å². The summed E-state index contributed by atoms with van der Waals surface area (Å²) in [4.78, 5) is 16.1. The van der Waals surface area contributed by atoms with Crippen molar-refractivity contribution in [2.45, 2.75) is 39.2 Å². The Balaban J connectivity index is 1.75. The van der Waals surface area contributed by atoms with Gasteiger partial charge in [-0.25, -0.2) is 9.48 Å². The molecule has 6 nitrogen and oxygen atoms in total. The predicted octanol–water partition coefficient (Wildman–Crippen LogP) is 5.07. The van der Waals surface area contributed by atoms with Gasteiger partial charge in [0.05, 0.1) is 23.8 Å². The summed E-state index contributed by atoms with van der Waals surface area (Å²) in [6.07, 6.45) is 5.30. The van der Waals surface area contributed by atoms with Crippen molar-refractivity contribution in [3.05, 3.63) is 83.8 Å². The first-order valence-corrected chi connectivity index (χ1v) is 10.3. The fraction of sp³-hybridized carbons (Fsp3) is 0.292. The number of carbonyl (C=O) groups is 1. The highest BCUT2D eigenvalue weighted by Crippen LogP contribution is 2.15. The minimum Gasteiger partial charge on any atom is -0.478 e. The molecular weight excluding hydrogens is 378 g/mol. The molecule has 3 aromatic rings. The van der Waals surface area contributed by atoms with Crippen LogP contribution in [0.2, 0.25) is 0 Å². The van der Waals surface area contributed by atoms with E-state index in [-0.39, 0.29) is 6.61 Å². The summed E-state index contributed by atoms with van der Waals surface area (Å²) in [7, 11) is 0. The molecule has 0 saturated heterocycles. The smallest absolute Gasteiger partial charge is 0.434 e. The number of amides is 1. The molecule has 0 unspecified atom stereocenters. The van der Waals surface area contributed by atoms with E-state index in [2.05, 4.69) is 17.0 Å². The number of unbranched alkanes of at least 4 members (excludes halogenated alkanes) is 3. The van der Waals surface area contributed by atoms with Gasteiger partial charge < -0.3 is 9.47 Å². The molecule has 0 aliphatic heterocycles. The van der Waals surface area contributed by atoms with Gasteiger partial charge in [-0.1, -0.05) is 74.7 Å². The third kappa shape index (κ3) is 6.58. The molecule has 3 rings (SSSR count). The molecule has 0 bridgehead atoms. The molecule has 2 aromatic carbocycles. The number of hydrogen-bond acceptors (Lipinski definition) is 4. The number of ether oxygens (including phenoxy) is 2. The first kappa shape index (κ1) is 21.3. The highest BCUT2D eigenvalue weighted by Gasteiger charge is 2.07. The Morgan fingerprint density at radius 2 is 1.73 bits per heavy atom. The first-order valence-electron chi connectivity index (χ1n) is 10.3. The van der Waals surface area contributed by atoms with Gasteiger partial charge in [-0.05, 0) is 24.1 Å². The Hall–Kier alpha value is -3.41. The number of nitrogens with zero attached hydrogens (tertiary/aromatic N) is 3. The number of carbonyl (C=O) groups excluding carboxylic acids is 1. The molecule has 0 atom stereocenters. The van der Waals surface area contributed by atoms with Gasteiger partial charge in [0.25, 0.3) is 0 Å². The van der Waals surface area contributed by atoms with E-state index in [1.165, 1.54) is 19.0 Å². The fourth-order valence-corrected chi connectivity index (χ4v) is 2.89. The van der Waals surface area contributed by atoms with Crippen LogP contribution in [-0.4, -0.2) is 22.5 Å². The number of benzene rings is 2. The Kier molecular flexibility index (Phi) is 8.21. The molecule has 0 aliphatic rings. The van der Waals surface area contributed by atoms with Gasteiger partial charge in [0.15, 0.2) is 0 Å². The highest BCUT2D eigenvalue weighted by atomic mass is 16.5. The zero-order chi connectivity index (χ0) is 21.0. The lowest BCUT2D eigenvalue weighted by Gasteiger charge is -2.13. The molecule has 6 heteroatoms. The Labute approximate surface area is 176 Å². The van der Waals surface area contributed by atoms with Crippen LogP contribution in [0, 0.1) is 0 Å². The molecule has 0 N–H and O–H groups in total. The number of para-hydroxylation sites is 1. The van der Waals surface area contributed by atoms with Crippen molar-refractivity contribution >= 4 is 6.09 Å². The predicted molar refractivity (Wildman–Crippen MR) is 115 cm³/mol. The second kappa shape index (κ2) is 11.6. The van der Waals surface area contributed by atoms with E-state index in [4.69, 9.17) is 9.47 Å². The molecule has 0 radical (unpaired) electrons. The van der Waals surface area contributed by atoms with Gasteiger partial charge in [-0.3, -0.25) is 0 Å². The largest absolute Gasteiger partial charge is 0.478 e. The summed E-state index contributed by atoms with van der Waals surface area (Å²) in [5.74, 6) is 0.537. The van der Waals surface area contributed by atoms with Gasteiger partial charge in [0.2, 0.25) is 5.88 Å². The topological polar surface area (TPSA) is 65.7 Å². The summed E-state index contributed by atoms with van der Waals surface area (Å²) >= 11 is 0. The molecule has 1 amide bonds. The third-order valence-electron chi connectivity index (χ3n) is 4.46. The van der Waals surface area contributed by atoms with Crippen molar-refractivity contribution in [2.75, 3.05) is 6.61 Å². The maximum atomic E-state index is 12.1. The zero-order valence-electron chi connectivity index (χ0n) is 17.2. The summed E-state index contributed by atoms with van der Waals surface area (Å²) < 4.78 is 12.9. The fourth-order valence-electron chi connectivity index (χ4n) is 2.89. The lowest BCUT2D eigenvalue weighted by molar-refractivity contribution is 0.150. The molecule has 0 aliphatic carbocycles. The van der Waals surface area contributed by atoms with Crippen LogP contribution in [0.5, 0.6) is 5.88 Å². The quantitative estimate of drug-likeness (QED) is 0.466. The minimum absolute atomic E-state index is 0.175. The van der Waals surface area contributed by atoms with Crippen LogP contribution < -0.4 is 10.1 Å². The van der Waals surface area contributed by atoms with Crippen molar-refractivity contribution in [2.24, 2.45) is 4.99 Å². The van der Waals surface area contributed by atoms with E-state index in [9.17, 15) is 4.79 Å². The van der Waals surface area contributed by atoms with Crippen LogP contribution in [0.1, 0.15) is 38.2 Å². The first-order chi connectivity index (χ1) is 14.8. The van der Waals surface area contributed by atoms with Crippen molar-refractivity contribution in [3.8, 4) is 11.6 Å². The van der Waals surface area contributed by atoms with Crippen molar-refractivity contribution in [1.82, 2.24) is 9.78 Å². The maximum Gasteiger partial charge on any atom is 0.434 e. The number of hydrogen-bond donors (Lipinski definition) is 0. The average Bonchev–Trinajstić information content (AvgIpc) is 2.79. The average molecular weight is 405 g/mol. The maximum absolute atomic E-state index is 12.1. The third-order valence-corrected chi connectivity index (χ3v) is 4.46. The van der Waals surface area contributed by atoms with E-state index < -0.39 is 6.09 Å². The normalized spacial score (nSPS) is 11.3. The van der Waals surface area contributed by atoms with E-state index >= 15 is 0 Å². The van der Waals surface area contributed by atoms with Crippen molar-refractivity contribution in [3.63, 3.8) is 0 Å². The van der Waals surface area contributed by atoms with Gasteiger partial charge in [0, 0.05) is 6.07 Å². The summed E-state index contributed by atoms with van der Waals surface area (Å²) in [6.45, 7) is 2.93. The van der Waals surface area contributed by atoms with E-state index in [1.54, 1.807) is 10.7 Å². The van der Waals surface area contributed by atoms with E-state index in [0.717, 1.165) is 24.1 Å². The monoisotopic (exact) mass is 405 g/mol. The van der Waals surface area contributed by atoms with Crippen molar-refractivity contribution < 1.29 is 14.3 Å². The summed E-state index contributed by atoms with van der Waals surface area (Å²) in [5, 5.41) is 4.82. The molecule has 1 aromatic heterocycles. The molecule has 1 heterocycles. The van der Waals surface area contributed by atoms with Crippen LogP contribution in [0.15, 0.2) is 77.9 Å². The van der Waals surface area contributed by atoms with E-state index in [1.807, 2.05) is 60.7 Å². The second-order valence-electron chi connectivity index (χ2n) is 6.86. The Bertz CT molecular complexity index is 985. The van der Waals surface area contributed by atoms with Gasteiger partial charge in [0.1, 0.15) is 6.61 Å². The zero-order valence-corrected chi connectivity index (χ0v) is 17.2. The molecule has 30 heavy (non-hydrogen) atoms. The Morgan fingerprint density at radius 3 is 2.47 bits per heavy atom. The minimum atomic E-state index is -0.660. The molecule has 0 fully saturated rings. The van der Waals surface area contributed by atoms with Gasteiger partial charge in [-0.15, -0.1) is 0 Å². The SMILES string of the molecule is CCCCCCOc1cc(=NC(=O)OCc2ccccc2)cnn1-c1ccccc1.